The summed E-state index contributed by atoms with van der Waals surface area (Å²) in [5.41, 5.74) is 13.3. The number of nitrogens with two attached hydrogens (primary N) is 3. The molecule has 0 aliphatic heterocycles. The van der Waals surface area contributed by atoms with Crippen LogP contribution in [-0.4, -0.2) is 54.7 Å². The molecule has 0 aromatic carbocycles. The average Bonchev–Trinajstić information content (AvgIpc) is 3.11. The molecule has 0 saturated heterocycles. The van der Waals surface area contributed by atoms with Crippen LogP contribution in [0.4, 0.5) is 0 Å². The number of rotatable bonds is 33. The summed E-state index contributed by atoms with van der Waals surface area (Å²) in [6.07, 6.45) is 32.9. The Balaban J connectivity index is 1.39. The number of nitrogens with one attached hydrogen (secondary N) is 1. The number of nitrogens with zero attached hydrogens (tertiary/aromatic N) is 1. The predicted octanol–water partition coefficient (Wildman–Crippen LogP) is 8.59. The summed E-state index contributed by atoms with van der Waals surface area (Å²) in [6, 6.07) is 0. The van der Waals surface area contributed by atoms with E-state index in [9.17, 15) is 19.2 Å². The average molecular weight is 744 g/mol. The molecule has 0 unspecified atom stereocenters. The Labute approximate surface area is 323 Å². The van der Waals surface area contributed by atoms with Crippen molar-refractivity contribution in [2.45, 2.75) is 206 Å². The number of hydrogen-bond donors (Lipinski definition) is 4. The third kappa shape index (κ3) is 13.5. The second-order valence-corrected chi connectivity index (χ2v) is 18.2. The van der Waals surface area contributed by atoms with Gasteiger partial charge < -0.3 is 27.4 Å². The highest BCUT2D eigenvalue weighted by Gasteiger charge is 2.74. The SMILES string of the molecule is CCCCCCCCCCCCN(CCCCCCCCCCCC)CCCCCCNC(=O)C12CC3(C(N)=O)CC(C(N)=O)(CC(C(N)=O)(C3)C1)C2. The van der Waals surface area contributed by atoms with Crippen molar-refractivity contribution in [3.63, 3.8) is 0 Å². The molecule has 4 aliphatic carbocycles. The van der Waals surface area contributed by atoms with Gasteiger partial charge in [0.05, 0.1) is 21.7 Å². The molecule has 9 nitrogen and oxygen atoms in total. The summed E-state index contributed by atoms with van der Waals surface area (Å²) < 4.78 is 0. The molecule has 0 aromatic rings. The van der Waals surface area contributed by atoms with Gasteiger partial charge in [0.25, 0.3) is 0 Å². The minimum atomic E-state index is -1.12. The standard InChI is InChI=1S/C44H81N5O4/c1-3-5-7-9-11-13-15-17-20-24-28-49(29-25-21-18-16-14-12-10-8-6-4-2)30-26-22-19-23-27-48-40(53)44-34-41(37(45)50)31-42(35-44,38(46)51)33-43(32-41,36-44)39(47)52/h3-36H2,1-2H3,(H2,45,50)(H2,46,51)(H2,47,52)(H,48,53). The molecule has 306 valence electrons. The van der Waals surface area contributed by atoms with Gasteiger partial charge >= 0.3 is 0 Å². The van der Waals surface area contributed by atoms with E-state index >= 15 is 0 Å². The highest BCUT2D eigenvalue weighted by molar-refractivity contribution is 5.95. The summed E-state index contributed by atoms with van der Waals surface area (Å²) in [6.45, 7) is 8.64. The molecule has 4 saturated carbocycles. The van der Waals surface area contributed by atoms with E-state index in [-0.39, 0.29) is 44.4 Å². The third-order valence-electron chi connectivity index (χ3n) is 13.5. The second-order valence-electron chi connectivity index (χ2n) is 18.2. The fourth-order valence-corrected chi connectivity index (χ4v) is 10.8. The number of carbonyl (C=O) groups excluding carboxylic acids is 4. The Bertz CT molecular complexity index is 1020. The number of hydrogen-bond acceptors (Lipinski definition) is 5. The minimum absolute atomic E-state index is 0.197. The van der Waals surface area contributed by atoms with Crippen LogP contribution in [0.5, 0.6) is 0 Å². The fraction of sp³-hybridized carbons (Fsp3) is 0.909. The highest BCUT2D eigenvalue weighted by atomic mass is 16.2. The lowest BCUT2D eigenvalue weighted by molar-refractivity contribution is -0.204. The highest BCUT2D eigenvalue weighted by Crippen LogP contribution is 2.73. The van der Waals surface area contributed by atoms with Crippen molar-refractivity contribution >= 4 is 23.6 Å². The van der Waals surface area contributed by atoms with Gasteiger partial charge in [-0.05, 0) is 83.8 Å². The van der Waals surface area contributed by atoms with Gasteiger partial charge in [-0.2, -0.15) is 0 Å². The zero-order valence-electron chi connectivity index (χ0n) is 34.4. The van der Waals surface area contributed by atoms with E-state index in [1.54, 1.807) is 0 Å². The molecule has 4 fully saturated rings. The lowest BCUT2D eigenvalue weighted by Crippen LogP contribution is -2.71. The fourth-order valence-electron chi connectivity index (χ4n) is 10.8. The molecule has 7 N–H and O–H groups in total. The molecule has 0 spiro atoms. The minimum Gasteiger partial charge on any atom is -0.369 e. The largest absolute Gasteiger partial charge is 0.369 e. The first-order chi connectivity index (χ1) is 25.5. The molecule has 4 aliphatic rings. The lowest BCUT2D eigenvalue weighted by Gasteiger charge is -2.67. The van der Waals surface area contributed by atoms with E-state index in [2.05, 4.69) is 24.1 Å². The molecule has 53 heavy (non-hydrogen) atoms. The van der Waals surface area contributed by atoms with E-state index in [0.29, 0.717) is 6.54 Å². The van der Waals surface area contributed by atoms with Crippen LogP contribution in [0.2, 0.25) is 0 Å². The van der Waals surface area contributed by atoms with Crippen LogP contribution in [0, 0.1) is 21.7 Å². The van der Waals surface area contributed by atoms with Crippen molar-refractivity contribution in [2.75, 3.05) is 26.2 Å². The first kappa shape index (κ1) is 45.2. The quantitative estimate of drug-likeness (QED) is 0.0495. The van der Waals surface area contributed by atoms with E-state index < -0.39 is 39.4 Å². The van der Waals surface area contributed by atoms with Crippen LogP contribution in [0.15, 0.2) is 0 Å². The van der Waals surface area contributed by atoms with E-state index in [4.69, 9.17) is 17.2 Å². The molecule has 0 atom stereocenters. The maximum atomic E-state index is 13.9. The summed E-state index contributed by atoms with van der Waals surface area (Å²) in [4.78, 5) is 55.1. The Kier molecular flexibility index (Phi) is 19.7. The van der Waals surface area contributed by atoms with Crippen molar-refractivity contribution in [1.29, 1.82) is 0 Å². The molecule has 9 heteroatoms. The molecule has 0 aromatic heterocycles. The number of unbranched alkanes of at least 4 members (excludes halogenated alkanes) is 21. The van der Waals surface area contributed by atoms with Crippen molar-refractivity contribution in [2.24, 2.45) is 38.9 Å². The summed E-state index contributed by atoms with van der Waals surface area (Å²) in [5.74, 6) is -1.90. The Morgan fingerprint density at radius 3 is 0.981 bits per heavy atom. The predicted molar refractivity (Wildman–Crippen MR) is 217 cm³/mol. The van der Waals surface area contributed by atoms with E-state index in [1.807, 2.05) is 0 Å². The first-order valence-electron chi connectivity index (χ1n) is 22.4. The van der Waals surface area contributed by atoms with Crippen LogP contribution in [0.1, 0.15) is 206 Å². The van der Waals surface area contributed by atoms with E-state index in [1.165, 1.54) is 142 Å². The van der Waals surface area contributed by atoms with Gasteiger partial charge in [-0.15, -0.1) is 0 Å². The molecule has 4 amide bonds. The second kappa shape index (κ2) is 23.0. The van der Waals surface area contributed by atoms with Crippen molar-refractivity contribution in [3.05, 3.63) is 0 Å². The molecular formula is C44H81N5O4. The molecular weight excluding hydrogens is 663 g/mol. The summed E-state index contributed by atoms with van der Waals surface area (Å²) in [5, 5.41) is 3.12. The summed E-state index contributed by atoms with van der Waals surface area (Å²) >= 11 is 0. The normalized spacial score (nSPS) is 25.9. The Morgan fingerprint density at radius 1 is 0.415 bits per heavy atom. The lowest BCUT2D eigenvalue weighted by atomic mass is 9.34. The van der Waals surface area contributed by atoms with Crippen molar-refractivity contribution < 1.29 is 19.2 Å². The first-order valence-corrected chi connectivity index (χ1v) is 22.4. The molecule has 0 heterocycles. The molecule has 4 rings (SSSR count). The number of amides is 4. The van der Waals surface area contributed by atoms with Gasteiger partial charge in [0, 0.05) is 6.54 Å². The number of primary amides is 3. The van der Waals surface area contributed by atoms with Gasteiger partial charge in [-0.1, -0.05) is 142 Å². The van der Waals surface area contributed by atoms with Gasteiger partial charge in [0.2, 0.25) is 23.6 Å². The van der Waals surface area contributed by atoms with Crippen molar-refractivity contribution in [1.82, 2.24) is 10.2 Å². The van der Waals surface area contributed by atoms with Crippen molar-refractivity contribution in [3.8, 4) is 0 Å². The number of carbonyl (C=O) groups is 4. The van der Waals surface area contributed by atoms with Crippen LogP contribution >= 0.6 is 0 Å². The van der Waals surface area contributed by atoms with Crippen LogP contribution in [-0.2, 0) is 19.2 Å². The van der Waals surface area contributed by atoms with Gasteiger partial charge in [-0.3, -0.25) is 19.2 Å². The molecule has 0 radical (unpaired) electrons. The maximum Gasteiger partial charge on any atom is 0.226 e. The monoisotopic (exact) mass is 744 g/mol. The van der Waals surface area contributed by atoms with Crippen LogP contribution < -0.4 is 22.5 Å². The van der Waals surface area contributed by atoms with Crippen LogP contribution in [0.3, 0.4) is 0 Å². The Morgan fingerprint density at radius 2 is 0.679 bits per heavy atom. The Hall–Kier alpha value is -2.16. The van der Waals surface area contributed by atoms with Gasteiger partial charge in [-0.25, -0.2) is 0 Å². The third-order valence-corrected chi connectivity index (χ3v) is 13.5. The molecule has 4 bridgehead atoms. The topological polar surface area (TPSA) is 162 Å². The zero-order valence-corrected chi connectivity index (χ0v) is 34.4. The van der Waals surface area contributed by atoms with E-state index in [0.717, 1.165) is 32.2 Å². The van der Waals surface area contributed by atoms with Gasteiger partial charge in [0.15, 0.2) is 0 Å². The van der Waals surface area contributed by atoms with Gasteiger partial charge in [0.1, 0.15) is 0 Å². The maximum absolute atomic E-state index is 13.9. The zero-order chi connectivity index (χ0) is 38.6. The summed E-state index contributed by atoms with van der Waals surface area (Å²) in [7, 11) is 0. The smallest absolute Gasteiger partial charge is 0.226 e. The van der Waals surface area contributed by atoms with Crippen LogP contribution in [0.25, 0.3) is 0 Å².